The molecule has 8 nitrogen and oxygen atoms in total. The van der Waals surface area contributed by atoms with Gasteiger partial charge in [0.05, 0.1) is 16.2 Å². The van der Waals surface area contributed by atoms with Gasteiger partial charge in [0, 0.05) is 23.3 Å². The first kappa shape index (κ1) is 20.8. The first-order chi connectivity index (χ1) is 14.8. The third-order valence-corrected chi connectivity index (χ3v) is 6.57. The highest BCUT2D eigenvalue weighted by atomic mass is 32.2. The Kier molecular flexibility index (Phi) is 5.57. The molecule has 0 aliphatic carbocycles. The average Bonchev–Trinajstić information content (AvgIpc) is 3.22. The number of carbonyl (C=O) groups excluding carboxylic acids is 1. The van der Waals surface area contributed by atoms with Gasteiger partial charge in [-0.3, -0.25) is 13.9 Å². The molecule has 0 aliphatic rings. The van der Waals surface area contributed by atoms with Crippen LogP contribution in [0.4, 0.5) is 5.69 Å². The van der Waals surface area contributed by atoms with Crippen molar-refractivity contribution < 1.29 is 17.9 Å². The molecule has 0 spiro atoms. The molecule has 0 radical (unpaired) electrons. The van der Waals surface area contributed by atoms with Crippen molar-refractivity contribution in [3.8, 4) is 0 Å². The lowest BCUT2D eigenvalue weighted by molar-refractivity contribution is 0.0468. The van der Waals surface area contributed by atoms with E-state index >= 15 is 0 Å². The molecule has 0 aliphatic heterocycles. The van der Waals surface area contributed by atoms with Crippen molar-refractivity contribution in [3.63, 3.8) is 0 Å². The Labute approximate surface area is 181 Å². The Morgan fingerprint density at radius 2 is 1.84 bits per heavy atom. The van der Waals surface area contributed by atoms with Crippen LogP contribution in [0.15, 0.2) is 75.9 Å². The number of benzene rings is 2. The zero-order chi connectivity index (χ0) is 22.0. The van der Waals surface area contributed by atoms with Gasteiger partial charge in [0.25, 0.3) is 15.6 Å². The molecule has 0 unspecified atom stereocenters. The van der Waals surface area contributed by atoms with E-state index in [1.165, 1.54) is 58.2 Å². The lowest BCUT2D eigenvalue weighted by Gasteiger charge is -2.09. The van der Waals surface area contributed by atoms with E-state index < -0.39 is 16.0 Å². The fraction of sp³-hybridized carbons (Fsp3) is 0.0952. The van der Waals surface area contributed by atoms with Gasteiger partial charge >= 0.3 is 5.97 Å². The van der Waals surface area contributed by atoms with E-state index in [9.17, 15) is 18.0 Å². The topological polar surface area (TPSA) is 107 Å². The number of hydrogen-bond acceptors (Lipinski definition) is 7. The van der Waals surface area contributed by atoms with Crippen LogP contribution in [-0.4, -0.2) is 23.8 Å². The fourth-order valence-corrected chi connectivity index (χ4v) is 4.59. The van der Waals surface area contributed by atoms with Crippen molar-refractivity contribution in [1.82, 2.24) is 9.38 Å². The van der Waals surface area contributed by atoms with Crippen LogP contribution in [0.1, 0.15) is 21.6 Å². The summed E-state index contributed by atoms with van der Waals surface area (Å²) in [7, 11) is -3.73. The van der Waals surface area contributed by atoms with E-state index in [1.807, 2.05) is 6.92 Å². The van der Waals surface area contributed by atoms with Crippen LogP contribution in [0.3, 0.4) is 0 Å². The molecule has 0 amide bonds. The van der Waals surface area contributed by atoms with Crippen LogP contribution in [0.25, 0.3) is 4.96 Å². The number of sulfonamides is 1. The van der Waals surface area contributed by atoms with Crippen LogP contribution in [0, 0.1) is 6.92 Å². The van der Waals surface area contributed by atoms with Crippen molar-refractivity contribution in [1.29, 1.82) is 0 Å². The molecule has 31 heavy (non-hydrogen) atoms. The van der Waals surface area contributed by atoms with E-state index in [1.54, 1.807) is 23.7 Å². The van der Waals surface area contributed by atoms with Crippen LogP contribution >= 0.6 is 11.3 Å². The molecule has 0 saturated heterocycles. The number of rotatable bonds is 6. The second kappa shape index (κ2) is 8.32. The number of nitrogens with one attached hydrogen (secondary N) is 1. The van der Waals surface area contributed by atoms with Gasteiger partial charge in [-0.25, -0.2) is 18.2 Å². The van der Waals surface area contributed by atoms with Gasteiger partial charge in [-0.2, -0.15) is 0 Å². The zero-order valence-corrected chi connectivity index (χ0v) is 17.9. The molecule has 0 bridgehead atoms. The second-order valence-corrected chi connectivity index (χ2v) is 9.27. The number of thiazole rings is 1. The highest BCUT2D eigenvalue weighted by molar-refractivity contribution is 7.92. The first-order valence-electron chi connectivity index (χ1n) is 9.14. The number of hydrogen-bond donors (Lipinski definition) is 1. The lowest BCUT2D eigenvalue weighted by atomic mass is 10.2. The van der Waals surface area contributed by atoms with E-state index in [0.717, 1.165) is 5.56 Å². The third-order valence-electron chi connectivity index (χ3n) is 4.41. The van der Waals surface area contributed by atoms with Gasteiger partial charge in [-0.1, -0.05) is 17.7 Å². The summed E-state index contributed by atoms with van der Waals surface area (Å²) in [5.41, 5.74) is 1.62. The van der Waals surface area contributed by atoms with E-state index in [-0.39, 0.29) is 22.6 Å². The highest BCUT2D eigenvalue weighted by Gasteiger charge is 2.15. The molecule has 0 atom stereocenters. The van der Waals surface area contributed by atoms with E-state index in [4.69, 9.17) is 4.74 Å². The Morgan fingerprint density at radius 3 is 2.55 bits per heavy atom. The number of anilines is 1. The molecule has 4 aromatic rings. The molecule has 1 N–H and O–H groups in total. The quantitative estimate of drug-likeness (QED) is 0.448. The third kappa shape index (κ3) is 4.65. The molecule has 158 valence electrons. The molecule has 0 saturated carbocycles. The predicted octanol–water partition coefficient (Wildman–Crippen LogP) is 3.22. The maximum absolute atomic E-state index is 12.5. The number of aromatic nitrogens is 2. The number of aryl methyl sites for hydroxylation is 1. The largest absolute Gasteiger partial charge is 0.456 e. The summed E-state index contributed by atoms with van der Waals surface area (Å²) in [5.74, 6) is -0.610. The number of ether oxygens (including phenoxy) is 1. The molecular weight excluding hydrogens is 438 g/mol. The van der Waals surface area contributed by atoms with Gasteiger partial charge in [0.1, 0.15) is 6.61 Å². The van der Waals surface area contributed by atoms with Crippen molar-refractivity contribution in [2.24, 2.45) is 0 Å². The number of nitrogens with zero attached hydrogens (tertiary/aromatic N) is 2. The van der Waals surface area contributed by atoms with Gasteiger partial charge in [-0.05, 0) is 43.3 Å². The highest BCUT2D eigenvalue weighted by Crippen LogP contribution is 2.18. The van der Waals surface area contributed by atoms with Crippen molar-refractivity contribution in [2.75, 3.05) is 4.72 Å². The van der Waals surface area contributed by atoms with Gasteiger partial charge in [0.2, 0.25) is 0 Å². The smallest absolute Gasteiger partial charge is 0.338 e. The summed E-state index contributed by atoms with van der Waals surface area (Å²) in [4.78, 5) is 29.2. The summed E-state index contributed by atoms with van der Waals surface area (Å²) in [6.45, 7) is 1.72. The fourth-order valence-electron chi connectivity index (χ4n) is 2.79. The van der Waals surface area contributed by atoms with Crippen LogP contribution in [-0.2, 0) is 21.4 Å². The molecule has 2 heterocycles. The SMILES string of the molecule is Cc1ccc(S(=O)(=O)Nc2ccc(C(=O)OCc3cc(=O)n4ccsc4n3)cc2)cc1. The van der Waals surface area contributed by atoms with E-state index in [2.05, 4.69) is 9.71 Å². The van der Waals surface area contributed by atoms with Crippen molar-refractivity contribution in [3.05, 3.63) is 93.3 Å². The van der Waals surface area contributed by atoms with Gasteiger partial charge < -0.3 is 4.74 Å². The minimum atomic E-state index is -3.73. The summed E-state index contributed by atoms with van der Waals surface area (Å²) < 4.78 is 34.0. The van der Waals surface area contributed by atoms with Crippen LogP contribution < -0.4 is 10.3 Å². The zero-order valence-electron chi connectivity index (χ0n) is 16.3. The normalized spacial score (nSPS) is 11.4. The molecular formula is C21H17N3O5S2. The Balaban J connectivity index is 1.41. The van der Waals surface area contributed by atoms with Gasteiger partial charge in [-0.15, -0.1) is 11.3 Å². The number of carbonyl (C=O) groups is 1. The van der Waals surface area contributed by atoms with Crippen molar-refractivity contribution >= 4 is 38.0 Å². The summed E-state index contributed by atoms with van der Waals surface area (Å²) in [6.07, 6.45) is 1.62. The summed E-state index contributed by atoms with van der Waals surface area (Å²) in [5, 5.41) is 1.74. The molecule has 0 fully saturated rings. The van der Waals surface area contributed by atoms with Crippen molar-refractivity contribution in [2.45, 2.75) is 18.4 Å². The molecule has 10 heteroatoms. The number of esters is 1. The van der Waals surface area contributed by atoms with E-state index in [0.29, 0.717) is 16.3 Å². The first-order valence-corrected chi connectivity index (χ1v) is 11.5. The second-order valence-electron chi connectivity index (χ2n) is 6.71. The molecule has 4 rings (SSSR count). The average molecular weight is 456 g/mol. The maximum Gasteiger partial charge on any atom is 0.338 e. The molecule has 2 aromatic heterocycles. The van der Waals surface area contributed by atoms with Crippen LogP contribution in [0.5, 0.6) is 0 Å². The standard InChI is InChI=1S/C21H17N3O5S2/c1-14-2-8-18(9-3-14)31(27,28)23-16-6-4-15(5-7-16)20(26)29-13-17-12-19(25)24-10-11-30-21(24)22-17/h2-12,23H,13H2,1H3. The monoisotopic (exact) mass is 455 g/mol. The summed E-state index contributed by atoms with van der Waals surface area (Å²) in [6, 6.07) is 13.7. The minimum Gasteiger partial charge on any atom is -0.456 e. The summed E-state index contributed by atoms with van der Waals surface area (Å²) >= 11 is 1.31. The lowest BCUT2D eigenvalue weighted by Crippen LogP contribution is -2.15. The molecule has 2 aromatic carbocycles. The maximum atomic E-state index is 12.5. The van der Waals surface area contributed by atoms with Crippen LogP contribution in [0.2, 0.25) is 0 Å². The Hall–Kier alpha value is -3.50. The predicted molar refractivity (Wildman–Crippen MR) is 117 cm³/mol. The van der Waals surface area contributed by atoms with Gasteiger partial charge in [0.15, 0.2) is 4.96 Å². The minimum absolute atomic E-state index is 0.146. The number of fused-ring (bicyclic) bond motifs is 1. The Morgan fingerprint density at radius 1 is 1.13 bits per heavy atom. The Bertz CT molecular complexity index is 1410.